The molecule has 0 aromatic rings. The van der Waals surface area contributed by atoms with Crippen molar-refractivity contribution in [1.29, 1.82) is 0 Å². The third kappa shape index (κ3) is 1.97. The van der Waals surface area contributed by atoms with Gasteiger partial charge in [-0.25, -0.2) is 0 Å². The topological polar surface area (TPSA) is 37.3 Å². The monoisotopic (exact) mass is 236 g/mol. The zero-order chi connectivity index (χ0) is 12.8. The molecular formula is C15H24O2. The van der Waals surface area contributed by atoms with Gasteiger partial charge in [0.05, 0.1) is 6.10 Å². The van der Waals surface area contributed by atoms with Crippen molar-refractivity contribution in [2.45, 2.75) is 59.5 Å². The standard InChI is InChI=1S/C15H24O2/c1-10(9-16)11-5-6-15(11,4)12-7-14(2,3)8-13(12)17/h9,12-13,17H,5-8H2,1-4H3/b11-10+/t12-,13-,15-/m0/s1. The first-order valence-corrected chi connectivity index (χ1v) is 6.64. The summed E-state index contributed by atoms with van der Waals surface area (Å²) in [6.07, 6.45) is 4.88. The Labute approximate surface area is 104 Å². The summed E-state index contributed by atoms with van der Waals surface area (Å²) in [5, 5.41) is 10.3. The number of carbonyl (C=O) groups excluding carboxylic acids is 1. The minimum atomic E-state index is -0.204. The van der Waals surface area contributed by atoms with Crippen molar-refractivity contribution in [1.82, 2.24) is 0 Å². The van der Waals surface area contributed by atoms with E-state index < -0.39 is 0 Å². The Bertz CT molecular complexity index is 367. The minimum Gasteiger partial charge on any atom is -0.393 e. The maximum Gasteiger partial charge on any atom is 0.145 e. The summed E-state index contributed by atoms with van der Waals surface area (Å²) in [6.45, 7) is 8.60. The van der Waals surface area contributed by atoms with Gasteiger partial charge in [0, 0.05) is 0 Å². The maximum atomic E-state index is 10.9. The average Bonchev–Trinajstić information content (AvgIpc) is 2.49. The molecule has 0 aromatic heterocycles. The Morgan fingerprint density at radius 3 is 2.35 bits per heavy atom. The lowest BCUT2D eigenvalue weighted by molar-refractivity contribution is -0.105. The zero-order valence-corrected chi connectivity index (χ0v) is 11.4. The van der Waals surface area contributed by atoms with Crippen molar-refractivity contribution in [2.75, 3.05) is 0 Å². The molecule has 2 fully saturated rings. The van der Waals surface area contributed by atoms with E-state index in [4.69, 9.17) is 0 Å². The van der Waals surface area contributed by atoms with E-state index in [1.165, 1.54) is 5.57 Å². The van der Waals surface area contributed by atoms with Crippen LogP contribution in [0.4, 0.5) is 0 Å². The van der Waals surface area contributed by atoms with Gasteiger partial charge in [0.25, 0.3) is 0 Å². The fourth-order valence-electron chi connectivity index (χ4n) is 3.95. The van der Waals surface area contributed by atoms with E-state index in [1.54, 1.807) is 0 Å². The SMILES string of the molecule is C/C(C=O)=C1/CC[C@]1(C)[C@H]1CC(C)(C)C[C@@H]1O. The number of allylic oxidation sites excluding steroid dienone is 2. The zero-order valence-electron chi connectivity index (χ0n) is 11.4. The highest BCUT2D eigenvalue weighted by Gasteiger charge is 2.52. The predicted octanol–water partition coefficient (Wildman–Crippen LogP) is 3.10. The molecule has 0 radical (unpaired) electrons. The van der Waals surface area contributed by atoms with E-state index in [9.17, 15) is 9.90 Å². The van der Waals surface area contributed by atoms with Gasteiger partial charge in [0.15, 0.2) is 0 Å². The summed E-state index contributed by atoms with van der Waals surface area (Å²) in [5.74, 6) is 0.330. The first-order valence-electron chi connectivity index (χ1n) is 6.64. The van der Waals surface area contributed by atoms with E-state index >= 15 is 0 Å². The lowest BCUT2D eigenvalue weighted by atomic mass is 9.56. The molecule has 2 nitrogen and oxygen atoms in total. The van der Waals surface area contributed by atoms with Crippen LogP contribution in [0.25, 0.3) is 0 Å². The first kappa shape index (κ1) is 12.8. The van der Waals surface area contributed by atoms with Crippen LogP contribution in [0.5, 0.6) is 0 Å². The van der Waals surface area contributed by atoms with Gasteiger partial charge in [0.2, 0.25) is 0 Å². The number of aliphatic hydroxyl groups is 1. The van der Waals surface area contributed by atoms with Crippen LogP contribution in [0, 0.1) is 16.7 Å². The molecule has 0 aliphatic heterocycles. The highest BCUT2D eigenvalue weighted by molar-refractivity contribution is 5.74. The van der Waals surface area contributed by atoms with Gasteiger partial charge in [-0.15, -0.1) is 0 Å². The Morgan fingerprint density at radius 1 is 1.35 bits per heavy atom. The van der Waals surface area contributed by atoms with Crippen molar-refractivity contribution in [3.05, 3.63) is 11.1 Å². The smallest absolute Gasteiger partial charge is 0.145 e. The molecule has 3 atom stereocenters. The average molecular weight is 236 g/mol. The molecule has 0 heterocycles. The molecule has 2 saturated carbocycles. The van der Waals surface area contributed by atoms with E-state index in [1.807, 2.05) is 6.92 Å². The fourth-order valence-corrected chi connectivity index (χ4v) is 3.95. The Kier molecular flexibility index (Phi) is 2.97. The molecule has 2 heteroatoms. The Balaban J connectivity index is 2.26. The van der Waals surface area contributed by atoms with Gasteiger partial charge < -0.3 is 5.11 Å². The van der Waals surface area contributed by atoms with Gasteiger partial charge in [0.1, 0.15) is 6.29 Å². The summed E-state index contributed by atoms with van der Waals surface area (Å²) in [4.78, 5) is 10.9. The summed E-state index contributed by atoms with van der Waals surface area (Å²) >= 11 is 0. The second-order valence-corrected chi connectivity index (χ2v) is 6.94. The molecule has 2 aliphatic carbocycles. The number of hydrogen-bond donors (Lipinski definition) is 1. The molecule has 0 bridgehead atoms. The first-order chi connectivity index (χ1) is 7.80. The van der Waals surface area contributed by atoms with Gasteiger partial charge in [-0.05, 0) is 54.9 Å². The summed E-state index contributed by atoms with van der Waals surface area (Å²) in [7, 11) is 0. The van der Waals surface area contributed by atoms with Gasteiger partial charge >= 0.3 is 0 Å². The van der Waals surface area contributed by atoms with Crippen LogP contribution in [0.15, 0.2) is 11.1 Å². The van der Waals surface area contributed by atoms with Crippen LogP contribution in [-0.4, -0.2) is 17.5 Å². The van der Waals surface area contributed by atoms with Crippen molar-refractivity contribution in [3.8, 4) is 0 Å². The maximum absolute atomic E-state index is 10.9. The number of aliphatic hydroxyl groups excluding tert-OH is 1. The van der Waals surface area contributed by atoms with Crippen LogP contribution >= 0.6 is 0 Å². The molecule has 2 rings (SSSR count). The van der Waals surface area contributed by atoms with E-state index in [0.29, 0.717) is 5.92 Å². The molecule has 0 aromatic carbocycles. The number of hydrogen-bond acceptors (Lipinski definition) is 2. The van der Waals surface area contributed by atoms with Crippen LogP contribution in [-0.2, 0) is 4.79 Å². The van der Waals surface area contributed by atoms with E-state index in [0.717, 1.165) is 37.5 Å². The highest BCUT2D eigenvalue weighted by Crippen LogP contribution is 2.59. The molecule has 96 valence electrons. The lowest BCUT2D eigenvalue weighted by Crippen LogP contribution is -2.41. The van der Waals surface area contributed by atoms with E-state index in [2.05, 4.69) is 20.8 Å². The molecule has 0 spiro atoms. The van der Waals surface area contributed by atoms with Crippen molar-refractivity contribution in [2.24, 2.45) is 16.7 Å². The summed E-state index contributed by atoms with van der Waals surface area (Å²) < 4.78 is 0. The third-order valence-corrected chi connectivity index (χ3v) is 5.05. The number of aldehydes is 1. The molecule has 0 saturated heterocycles. The summed E-state index contributed by atoms with van der Waals surface area (Å²) in [6, 6.07) is 0. The van der Waals surface area contributed by atoms with Crippen molar-refractivity contribution >= 4 is 6.29 Å². The fraction of sp³-hybridized carbons (Fsp3) is 0.800. The predicted molar refractivity (Wildman–Crippen MR) is 68.6 cm³/mol. The molecule has 1 N–H and O–H groups in total. The lowest BCUT2D eigenvalue weighted by Gasteiger charge is -2.48. The Morgan fingerprint density at radius 2 is 2.00 bits per heavy atom. The highest BCUT2D eigenvalue weighted by atomic mass is 16.3. The van der Waals surface area contributed by atoms with Gasteiger partial charge in [-0.1, -0.05) is 26.3 Å². The number of carbonyl (C=O) groups is 1. The molecule has 17 heavy (non-hydrogen) atoms. The summed E-state index contributed by atoms with van der Waals surface area (Å²) in [5.41, 5.74) is 2.48. The normalized spacial score (nSPS) is 43.1. The largest absolute Gasteiger partial charge is 0.393 e. The van der Waals surface area contributed by atoms with Crippen molar-refractivity contribution < 1.29 is 9.90 Å². The molecule has 0 amide bonds. The quantitative estimate of drug-likeness (QED) is 0.591. The van der Waals surface area contributed by atoms with Gasteiger partial charge in [-0.3, -0.25) is 4.79 Å². The molecule has 2 aliphatic rings. The number of rotatable bonds is 2. The molecular weight excluding hydrogens is 212 g/mol. The van der Waals surface area contributed by atoms with Gasteiger partial charge in [-0.2, -0.15) is 0 Å². The molecule has 0 unspecified atom stereocenters. The third-order valence-electron chi connectivity index (χ3n) is 5.05. The second-order valence-electron chi connectivity index (χ2n) is 6.94. The second kappa shape index (κ2) is 3.94. The minimum absolute atomic E-state index is 0.0676. The van der Waals surface area contributed by atoms with Crippen LogP contribution in [0.2, 0.25) is 0 Å². The van der Waals surface area contributed by atoms with Crippen LogP contribution < -0.4 is 0 Å². The Hall–Kier alpha value is -0.630. The van der Waals surface area contributed by atoms with Crippen LogP contribution in [0.3, 0.4) is 0 Å². The van der Waals surface area contributed by atoms with Crippen LogP contribution in [0.1, 0.15) is 53.4 Å². The van der Waals surface area contributed by atoms with E-state index in [-0.39, 0.29) is 16.9 Å². The van der Waals surface area contributed by atoms with Crippen molar-refractivity contribution in [3.63, 3.8) is 0 Å².